The molecule has 5 nitrogen and oxygen atoms in total. The molecule has 0 radical (unpaired) electrons. The lowest BCUT2D eigenvalue weighted by Crippen LogP contribution is -2.37. The Morgan fingerprint density at radius 3 is 2.67 bits per heavy atom. The van der Waals surface area contributed by atoms with Gasteiger partial charge in [0.05, 0.1) is 18.9 Å². The van der Waals surface area contributed by atoms with Crippen molar-refractivity contribution < 1.29 is 4.74 Å². The summed E-state index contributed by atoms with van der Waals surface area (Å²) in [5.74, 6) is 0. The van der Waals surface area contributed by atoms with Gasteiger partial charge in [0.25, 0.3) is 0 Å². The zero-order valence-electron chi connectivity index (χ0n) is 19.9. The summed E-state index contributed by atoms with van der Waals surface area (Å²) in [4.78, 5) is 10.1. The van der Waals surface area contributed by atoms with Crippen LogP contribution in [0, 0.1) is 6.92 Å². The molecule has 5 heteroatoms. The van der Waals surface area contributed by atoms with E-state index in [1.807, 2.05) is 0 Å². The predicted molar refractivity (Wildman–Crippen MR) is 135 cm³/mol. The van der Waals surface area contributed by atoms with Crippen LogP contribution in [0.1, 0.15) is 35.7 Å². The quantitative estimate of drug-likeness (QED) is 0.594. The van der Waals surface area contributed by atoms with Crippen molar-refractivity contribution in [1.29, 1.82) is 0 Å². The lowest BCUT2D eigenvalue weighted by atomic mass is 10.0. The van der Waals surface area contributed by atoms with E-state index < -0.39 is 0 Å². The van der Waals surface area contributed by atoms with Crippen LogP contribution in [-0.4, -0.2) is 72.3 Å². The fourth-order valence-electron chi connectivity index (χ4n) is 5.88. The van der Waals surface area contributed by atoms with Gasteiger partial charge in [-0.15, -0.1) is 0 Å². The van der Waals surface area contributed by atoms with E-state index in [0.29, 0.717) is 6.04 Å². The maximum atomic E-state index is 5.54. The number of hydrogen-bond donors (Lipinski definition) is 0. The molecule has 0 amide bonds. The first kappa shape index (κ1) is 21.1. The Balaban J connectivity index is 1.40. The van der Waals surface area contributed by atoms with Gasteiger partial charge in [-0.2, -0.15) is 0 Å². The Bertz CT molecular complexity index is 1200. The number of para-hydroxylation sites is 1. The molecule has 1 aliphatic carbocycles. The number of nitrogens with zero attached hydrogens (tertiary/aromatic N) is 4. The Kier molecular flexibility index (Phi) is 5.57. The third-order valence-electron chi connectivity index (χ3n) is 7.65. The van der Waals surface area contributed by atoms with Gasteiger partial charge in [0.15, 0.2) is 0 Å². The number of aromatic nitrogens is 2. The highest BCUT2D eigenvalue weighted by atomic mass is 16.5. The molecule has 0 N–H and O–H groups in total. The summed E-state index contributed by atoms with van der Waals surface area (Å²) in [7, 11) is 2.23. The Morgan fingerprint density at radius 2 is 1.85 bits per heavy atom. The molecule has 172 valence electrons. The summed E-state index contributed by atoms with van der Waals surface area (Å²) in [6.45, 7) is 9.26. The number of piperidine rings is 1. The first-order valence-electron chi connectivity index (χ1n) is 12.4. The highest BCUT2D eigenvalue weighted by molar-refractivity contribution is 5.98. The van der Waals surface area contributed by atoms with Crippen LogP contribution in [0.4, 0.5) is 0 Å². The second kappa shape index (κ2) is 8.71. The van der Waals surface area contributed by atoms with Gasteiger partial charge in [0.1, 0.15) is 0 Å². The van der Waals surface area contributed by atoms with E-state index in [9.17, 15) is 0 Å². The molecular weight excluding hydrogens is 408 g/mol. The van der Waals surface area contributed by atoms with Gasteiger partial charge in [-0.3, -0.25) is 9.88 Å². The highest BCUT2D eigenvalue weighted by Gasteiger charge is 2.25. The molecule has 2 aromatic heterocycles. The molecule has 0 unspecified atom stereocenters. The monoisotopic (exact) mass is 442 g/mol. The van der Waals surface area contributed by atoms with Crippen molar-refractivity contribution in [2.45, 2.75) is 32.2 Å². The lowest BCUT2D eigenvalue weighted by Gasteiger charge is -2.30. The summed E-state index contributed by atoms with van der Waals surface area (Å²) in [6, 6.07) is 11.8. The van der Waals surface area contributed by atoms with Crippen LogP contribution in [0.2, 0.25) is 0 Å². The Labute approximate surface area is 196 Å². The normalized spacial score (nSPS) is 20.4. The molecule has 2 fully saturated rings. The van der Waals surface area contributed by atoms with Gasteiger partial charge in [-0.05, 0) is 64.0 Å². The van der Waals surface area contributed by atoms with Crippen LogP contribution < -0.4 is 0 Å². The van der Waals surface area contributed by atoms with Crippen LogP contribution in [0.25, 0.3) is 28.2 Å². The van der Waals surface area contributed by atoms with Crippen LogP contribution >= 0.6 is 0 Å². The lowest BCUT2D eigenvalue weighted by molar-refractivity contribution is 0.0422. The van der Waals surface area contributed by atoms with E-state index in [2.05, 4.69) is 70.9 Å². The Morgan fingerprint density at radius 1 is 1.06 bits per heavy atom. The number of hydrogen-bond acceptors (Lipinski definition) is 4. The average Bonchev–Trinajstić information content (AvgIpc) is 3.41. The number of aryl methyl sites for hydroxylation is 1. The van der Waals surface area contributed by atoms with Crippen molar-refractivity contribution in [3.05, 3.63) is 58.9 Å². The van der Waals surface area contributed by atoms with Crippen molar-refractivity contribution in [2.75, 3.05) is 53.0 Å². The van der Waals surface area contributed by atoms with Gasteiger partial charge >= 0.3 is 0 Å². The van der Waals surface area contributed by atoms with E-state index in [1.54, 1.807) is 0 Å². The molecule has 6 rings (SSSR count). The van der Waals surface area contributed by atoms with E-state index in [4.69, 9.17) is 9.72 Å². The van der Waals surface area contributed by atoms with Gasteiger partial charge in [-0.25, -0.2) is 0 Å². The van der Waals surface area contributed by atoms with Crippen molar-refractivity contribution >= 4 is 17.0 Å². The first-order valence-corrected chi connectivity index (χ1v) is 12.4. The molecule has 2 aliphatic heterocycles. The molecule has 33 heavy (non-hydrogen) atoms. The van der Waals surface area contributed by atoms with Gasteiger partial charge in [-0.1, -0.05) is 29.8 Å². The molecule has 0 atom stereocenters. The van der Waals surface area contributed by atoms with Crippen LogP contribution in [0.3, 0.4) is 0 Å². The number of morpholine rings is 1. The number of likely N-dealkylation sites (tertiary alicyclic amines) is 1. The number of ether oxygens (including phenoxy) is 1. The van der Waals surface area contributed by atoms with Gasteiger partial charge in [0, 0.05) is 59.6 Å². The van der Waals surface area contributed by atoms with E-state index in [1.165, 1.54) is 46.0 Å². The topological polar surface area (TPSA) is 33.5 Å². The van der Waals surface area contributed by atoms with Gasteiger partial charge < -0.3 is 14.2 Å². The fraction of sp³-hybridized carbons (Fsp3) is 0.464. The minimum absolute atomic E-state index is 0.560. The number of rotatable bonds is 4. The minimum Gasteiger partial charge on any atom is -0.379 e. The summed E-state index contributed by atoms with van der Waals surface area (Å²) in [5.41, 5.74) is 9.15. The molecule has 0 saturated carbocycles. The van der Waals surface area contributed by atoms with Crippen LogP contribution in [0.5, 0.6) is 0 Å². The molecule has 4 heterocycles. The standard InChI is InChI=1S/C28H34N4O/c1-20-15-22-16-21(18-31-11-13-33-14-12-31)17-25(22)28(29-20)26-19-32(23-7-9-30(2)10-8-23)27-6-4-3-5-24(26)27/h3-6,15,17,19,23H,7-14,16,18H2,1-2H3. The van der Waals surface area contributed by atoms with Crippen molar-refractivity contribution in [2.24, 2.45) is 0 Å². The number of benzene rings is 1. The van der Waals surface area contributed by atoms with Crippen molar-refractivity contribution in [3.8, 4) is 11.3 Å². The fourth-order valence-corrected chi connectivity index (χ4v) is 5.88. The number of pyridine rings is 1. The van der Waals surface area contributed by atoms with Crippen molar-refractivity contribution in [1.82, 2.24) is 19.4 Å². The van der Waals surface area contributed by atoms with Crippen molar-refractivity contribution in [3.63, 3.8) is 0 Å². The third kappa shape index (κ3) is 4.03. The summed E-state index contributed by atoms with van der Waals surface area (Å²) >= 11 is 0. The van der Waals surface area contributed by atoms with Gasteiger partial charge in [0.2, 0.25) is 0 Å². The largest absolute Gasteiger partial charge is 0.379 e. The molecule has 3 aliphatic rings. The summed E-state index contributed by atoms with van der Waals surface area (Å²) in [6.07, 6.45) is 8.27. The molecular formula is C28H34N4O. The zero-order valence-corrected chi connectivity index (χ0v) is 19.9. The molecule has 1 aromatic carbocycles. The smallest absolute Gasteiger partial charge is 0.0801 e. The maximum Gasteiger partial charge on any atom is 0.0801 e. The molecule has 0 bridgehead atoms. The number of fused-ring (bicyclic) bond motifs is 2. The summed E-state index contributed by atoms with van der Waals surface area (Å²) in [5, 5.41) is 1.33. The SMILES string of the molecule is Cc1cc2c(c(-c3cn(C4CCN(C)CC4)c4ccccc34)n1)C=C(CN1CCOCC1)C2. The van der Waals surface area contributed by atoms with Crippen LogP contribution in [0.15, 0.2) is 42.1 Å². The second-order valence-corrected chi connectivity index (χ2v) is 10.1. The third-order valence-corrected chi connectivity index (χ3v) is 7.65. The average molecular weight is 443 g/mol. The molecule has 0 spiro atoms. The summed E-state index contributed by atoms with van der Waals surface area (Å²) < 4.78 is 8.08. The second-order valence-electron chi connectivity index (χ2n) is 10.1. The van der Waals surface area contributed by atoms with E-state index in [0.717, 1.165) is 63.7 Å². The zero-order chi connectivity index (χ0) is 22.4. The first-order chi connectivity index (χ1) is 16.2. The molecule has 2 saturated heterocycles. The maximum absolute atomic E-state index is 5.54. The van der Waals surface area contributed by atoms with E-state index in [-0.39, 0.29) is 0 Å². The molecule has 3 aromatic rings. The van der Waals surface area contributed by atoms with Crippen LogP contribution in [-0.2, 0) is 11.2 Å². The van der Waals surface area contributed by atoms with E-state index >= 15 is 0 Å². The Hall–Kier alpha value is -2.47. The predicted octanol–water partition coefficient (Wildman–Crippen LogP) is 4.55. The minimum atomic E-state index is 0.560. The highest BCUT2D eigenvalue weighted by Crippen LogP contribution is 2.39.